The molecule has 0 bridgehead atoms. The molecule has 0 radical (unpaired) electrons. The van der Waals surface area contributed by atoms with Gasteiger partial charge >= 0.3 is 0 Å². The Kier molecular flexibility index (Phi) is 4.52. The highest BCUT2D eigenvalue weighted by Crippen LogP contribution is 2.30. The lowest BCUT2D eigenvalue weighted by Gasteiger charge is -2.07. The van der Waals surface area contributed by atoms with Crippen molar-refractivity contribution in [2.24, 2.45) is 0 Å². The smallest absolute Gasteiger partial charge is 0.266 e. The molecule has 0 aliphatic heterocycles. The van der Waals surface area contributed by atoms with Crippen molar-refractivity contribution >= 4 is 34.5 Å². The van der Waals surface area contributed by atoms with E-state index in [1.54, 1.807) is 28.7 Å². The van der Waals surface area contributed by atoms with E-state index in [2.05, 4.69) is 10.3 Å². The summed E-state index contributed by atoms with van der Waals surface area (Å²) in [5.41, 5.74) is 2.94. The van der Waals surface area contributed by atoms with Crippen molar-refractivity contribution in [2.75, 3.05) is 5.32 Å². The molecule has 3 heterocycles. The van der Waals surface area contributed by atoms with Crippen molar-refractivity contribution in [3.63, 3.8) is 0 Å². The zero-order chi connectivity index (χ0) is 19.8. The quantitative estimate of drug-likeness (QED) is 0.498. The number of carbonyl (C=O) groups is 2. The zero-order valence-corrected chi connectivity index (χ0v) is 16.0. The van der Waals surface area contributed by atoms with Gasteiger partial charge in [-0.05, 0) is 67.9 Å². The number of anilines is 1. The summed E-state index contributed by atoms with van der Waals surface area (Å²) in [7, 11) is 0. The largest absolute Gasteiger partial charge is 0.305 e. The van der Waals surface area contributed by atoms with Crippen LogP contribution in [0.4, 0.5) is 10.2 Å². The first-order valence-corrected chi connectivity index (χ1v) is 9.41. The van der Waals surface area contributed by atoms with Crippen LogP contribution in [-0.2, 0) is 0 Å². The van der Waals surface area contributed by atoms with Gasteiger partial charge in [-0.1, -0.05) is 0 Å². The summed E-state index contributed by atoms with van der Waals surface area (Å²) < 4.78 is 15.1. The number of rotatable bonds is 4. The minimum atomic E-state index is -0.343. The van der Waals surface area contributed by atoms with Crippen LogP contribution in [0.3, 0.4) is 0 Å². The van der Waals surface area contributed by atoms with E-state index in [1.165, 1.54) is 19.1 Å². The summed E-state index contributed by atoms with van der Waals surface area (Å²) in [4.78, 5) is 29.9. The highest BCUT2D eigenvalue weighted by Gasteiger charge is 2.19. The fourth-order valence-electron chi connectivity index (χ4n) is 2.89. The number of nitrogens with one attached hydrogen (secondary N) is 1. The summed E-state index contributed by atoms with van der Waals surface area (Å²) in [6.45, 7) is 3.42. The van der Waals surface area contributed by atoms with Crippen molar-refractivity contribution in [3.8, 4) is 11.3 Å². The van der Waals surface area contributed by atoms with Gasteiger partial charge in [-0.25, -0.2) is 9.37 Å². The third kappa shape index (κ3) is 3.32. The molecule has 0 fully saturated rings. The van der Waals surface area contributed by atoms with Crippen molar-refractivity contribution in [1.29, 1.82) is 0 Å². The second-order valence-electron chi connectivity index (χ2n) is 6.42. The standard InChI is InChI=1S/C21H16FN3O2S/c1-12-9-10-25-18(11-12)23-19(14-3-5-15(22)6-4-14)20(25)24-21(27)17-8-7-16(28-17)13(2)26/h3-11H,1-2H3,(H,24,27). The molecule has 1 amide bonds. The Balaban J connectivity index is 1.79. The van der Waals surface area contributed by atoms with E-state index >= 15 is 0 Å². The normalized spacial score (nSPS) is 11.0. The van der Waals surface area contributed by atoms with Crippen LogP contribution in [0, 0.1) is 12.7 Å². The van der Waals surface area contributed by atoms with Crippen molar-refractivity contribution in [3.05, 3.63) is 75.9 Å². The van der Waals surface area contributed by atoms with Gasteiger partial charge in [0.2, 0.25) is 0 Å². The molecule has 1 N–H and O–H groups in total. The van der Waals surface area contributed by atoms with Gasteiger partial charge in [0.1, 0.15) is 23.0 Å². The van der Waals surface area contributed by atoms with Crippen molar-refractivity contribution in [1.82, 2.24) is 9.38 Å². The minimum Gasteiger partial charge on any atom is -0.305 e. The average molecular weight is 393 g/mol. The molecule has 7 heteroatoms. The fourth-order valence-corrected chi connectivity index (χ4v) is 3.69. The van der Waals surface area contributed by atoms with E-state index in [1.807, 2.05) is 25.3 Å². The molecule has 4 rings (SSSR count). The van der Waals surface area contributed by atoms with Crippen molar-refractivity contribution in [2.45, 2.75) is 13.8 Å². The Labute approximate surface area is 164 Å². The fraction of sp³-hybridized carbons (Fsp3) is 0.0952. The number of carbonyl (C=O) groups excluding carboxylic acids is 2. The molecule has 0 spiro atoms. The number of hydrogen-bond acceptors (Lipinski definition) is 4. The molecular weight excluding hydrogens is 377 g/mol. The number of thiophene rings is 1. The molecular formula is C21H16FN3O2S. The van der Waals surface area contributed by atoms with Gasteiger partial charge < -0.3 is 5.32 Å². The Morgan fingerprint density at radius 1 is 1.07 bits per heavy atom. The van der Waals surface area contributed by atoms with E-state index in [-0.39, 0.29) is 17.5 Å². The Morgan fingerprint density at radius 3 is 2.46 bits per heavy atom. The molecule has 4 aromatic rings. The number of hydrogen-bond donors (Lipinski definition) is 1. The molecule has 3 aromatic heterocycles. The molecule has 140 valence electrons. The maximum atomic E-state index is 13.3. The first kappa shape index (κ1) is 18.1. The van der Waals surface area contributed by atoms with E-state index < -0.39 is 0 Å². The lowest BCUT2D eigenvalue weighted by atomic mass is 10.1. The molecule has 0 aliphatic carbocycles. The zero-order valence-electron chi connectivity index (χ0n) is 15.2. The van der Waals surface area contributed by atoms with Gasteiger partial charge in [0.15, 0.2) is 5.78 Å². The van der Waals surface area contributed by atoms with Crippen LogP contribution in [0.15, 0.2) is 54.7 Å². The first-order valence-electron chi connectivity index (χ1n) is 8.59. The molecule has 1 aromatic carbocycles. The van der Waals surface area contributed by atoms with Gasteiger partial charge in [-0.15, -0.1) is 11.3 Å². The number of fused-ring (bicyclic) bond motifs is 1. The average Bonchev–Trinajstić information content (AvgIpc) is 3.28. The van der Waals surface area contributed by atoms with Gasteiger partial charge in [-0.2, -0.15) is 0 Å². The summed E-state index contributed by atoms with van der Waals surface area (Å²) in [5, 5.41) is 2.90. The number of aromatic nitrogens is 2. The second-order valence-corrected chi connectivity index (χ2v) is 7.51. The van der Waals surface area contributed by atoms with Crippen molar-refractivity contribution < 1.29 is 14.0 Å². The highest BCUT2D eigenvalue weighted by atomic mass is 32.1. The van der Waals surface area contributed by atoms with Crippen LogP contribution in [0.5, 0.6) is 0 Å². The van der Waals surface area contributed by atoms with Gasteiger partial charge in [0.05, 0.1) is 9.75 Å². The second kappa shape index (κ2) is 7.01. The predicted molar refractivity (Wildman–Crippen MR) is 108 cm³/mol. The van der Waals surface area contributed by atoms with Crippen LogP contribution in [0.1, 0.15) is 31.8 Å². The lowest BCUT2D eigenvalue weighted by Crippen LogP contribution is -2.12. The van der Waals surface area contributed by atoms with Crippen LogP contribution < -0.4 is 5.32 Å². The summed E-state index contributed by atoms with van der Waals surface area (Å²) in [6, 6.07) is 13.0. The lowest BCUT2D eigenvalue weighted by molar-refractivity contribution is 0.101. The van der Waals surface area contributed by atoms with Gasteiger partial charge in [-0.3, -0.25) is 14.0 Å². The topological polar surface area (TPSA) is 63.5 Å². The predicted octanol–water partition coefficient (Wildman–Crippen LogP) is 4.97. The Hall–Kier alpha value is -3.32. The molecule has 5 nitrogen and oxygen atoms in total. The third-order valence-corrected chi connectivity index (χ3v) is 5.49. The number of ketones is 1. The number of aryl methyl sites for hydroxylation is 1. The summed E-state index contributed by atoms with van der Waals surface area (Å²) >= 11 is 1.14. The molecule has 0 saturated heterocycles. The summed E-state index contributed by atoms with van der Waals surface area (Å²) in [6.07, 6.45) is 1.83. The number of halogens is 1. The van der Waals surface area contributed by atoms with Gasteiger partial charge in [0.25, 0.3) is 5.91 Å². The number of benzene rings is 1. The van der Waals surface area contributed by atoms with Crippen LogP contribution >= 0.6 is 11.3 Å². The number of Topliss-reactive ketones (excluding diaryl/α,β-unsaturated/α-hetero) is 1. The van der Waals surface area contributed by atoms with E-state index in [9.17, 15) is 14.0 Å². The monoisotopic (exact) mass is 393 g/mol. The van der Waals surface area contributed by atoms with E-state index in [0.29, 0.717) is 32.5 Å². The number of pyridine rings is 1. The Bertz CT molecular complexity index is 1210. The maximum absolute atomic E-state index is 13.3. The van der Waals surface area contributed by atoms with Crippen LogP contribution in [0.2, 0.25) is 0 Å². The molecule has 0 aliphatic rings. The van der Waals surface area contributed by atoms with Crippen LogP contribution in [0.25, 0.3) is 16.9 Å². The van der Waals surface area contributed by atoms with E-state index in [4.69, 9.17) is 0 Å². The Morgan fingerprint density at radius 2 is 1.79 bits per heavy atom. The number of amides is 1. The third-order valence-electron chi connectivity index (χ3n) is 4.31. The number of nitrogens with zero attached hydrogens (tertiary/aromatic N) is 2. The van der Waals surface area contributed by atoms with Gasteiger partial charge in [0, 0.05) is 11.8 Å². The molecule has 28 heavy (non-hydrogen) atoms. The first-order chi connectivity index (χ1) is 13.4. The van der Waals surface area contributed by atoms with E-state index in [0.717, 1.165) is 16.9 Å². The molecule has 0 atom stereocenters. The molecule has 0 saturated carbocycles. The SMILES string of the molecule is CC(=O)c1ccc(C(=O)Nc2c(-c3ccc(F)cc3)nc3cc(C)ccn23)s1. The molecule has 0 unspecified atom stereocenters. The maximum Gasteiger partial charge on any atom is 0.266 e. The summed E-state index contributed by atoms with van der Waals surface area (Å²) in [5.74, 6) is -0.266. The number of imidazole rings is 1. The minimum absolute atomic E-state index is 0.0821. The van der Waals surface area contributed by atoms with Crippen LogP contribution in [-0.4, -0.2) is 21.1 Å². The highest BCUT2D eigenvalue weighted by molar-refractivity contribution is 7.16.